The fourth-order valence-electron chi connectivity index (χ4n) is 2.87. The summed E-state index contributed by atoms with van der Waals surface area (Å²) in [6.45, 7) is 0.0590. The van der Waals surface area contributed by atoms with Crippen molar-refractivity contribution >= 4 is 44.2 Å². The molecule has 0 fully saturated rings. The summed E-state index contributed by atoms with van der Waals surface area (Å²) in [7, 11) is 0. The Kier molecular flexibility index (Phi) is 5.44. The summed E-state index contributed by atoms with van der Waals surface area (Å²) < 4.78 is 40.1. The molecule has 0 aliphatic carbocycles. The normalized spacial score (nSPS) is 11.6. The van der Waals surface area contributed by atoms with Crippen LogP contribution in [0.3, 0.4) is 0 Å². The molecule has 0 radical (unpaired) electrons. The van der Waals surface area contributed by atoms with E-state index in [9.17, 15) is 18.0 Å². The van der Waals surface area contributed by atoms with Crippen molar-refractivity contribution in [1.82, 2.24) is 9.97 Å². The van der Waals surface area contributed by atoms with Crippen LogP contribution in [0.1, 0.15) is 21.6 Å². The van der Waals surface area contributed by atoms with E-state index in [-0.39, 0.29) is 12.1 Å². The van der Waals surface area contributed by atoms with Crippen LogP contribution in [0.25, 0.3) is 10.2 Å². The molecule has 0 bridgehead atoms. The maximum Gasteiger partial charge on any atom is 0.416 e. The molecule has 0 unspecified atom stereocenters. The Balaban J connectivity index is 1.77. The molecule has 4 aromatic rings. The zero-order valence-electron chi connectivity index (χ0n) is 15.2. The summed E-state index contributed by atoms with van der Waals surface area (Å²) in [6.07, 6.45) is -2.96. The molecule has 0 saturated heterocycles. The largest absolute Gasteiger partial charge is 0.416 e. The Morgan fingerprint density at radius 2 is 1.90 bits per heavy atom. The topological polar surface area (TPSA) is 46.1 Å². The molecule has 0 saturated carbocycles. The SMILES string of the molecule is O=C(c1cccc(C(F)(F)F)c1)N(Cc1ccccn1)c1nc2ccc(Cl)cc2s1. The van der Waals surface area contributed by atoms with E-state index < -0.39 is 17.6 Å². The number of pyridine rings is 1. The van der Waals surface area contributed by atoms with Gasteiger partial charge in [0.1, 0.15) is 0 Å². The lowest BCUT2D eigenvalue weighted by molar-refractivity contribution is -0.137. The zero-order valence-corrected chi connectivity index (χ0v) is 16.8. The average Bonchev–Trinajstić information content (AvgIpc) is 3.14. The number of anilines is 1. The molecule has 30 heavy (non-hydrogen) atoms. The van der Waals surface area contributed by atoms with Crippen molar-refractivity contribution in [1.29, 1.82) is 0 Å². The molecule has 9 heteroatoms. The molecule has 4 rings (SSSR count). The molecule has 152 valence electrons. The van der Waals surface area contributed by atoms with Gasteiger partial charge >= 0.3 is 6.18 Å². The van der Waals surface area contributed by atoms with Crippen molar-refractivity contribution < 1.29 is 18.0 Å². The smallest absolute Gasteiger partial charge is 0.278 e. The van der Waals surface area contributed by atoms with E-state index in [1.54, 1.807) is 42.6 Å². The Hall–Kier alpha value is -2.97. The Labute approximate surface area is 178 Å². The van der Waals surface area contributed by atoms with Gasteiger partial charge in [0.25, 0.3) is 5.91 Å². The van der Waals surface area contributed by atoms with Crippen LogP contribution < -0.4 is 4.90 Å². The fraction of sp³-hybridized carbons (Fsp3) is 0.0952. The summed E-state index contributed by atoms with van der Waals surface area (Å²) in [5, 5.41) is 0.874. The minimum absolute atomic E-state index is 0.0590. The molecule has 2 aromatic carbocycles. The van der Waals surface area contributed by atoms with E-state index in [2.05, 4.69) is 9.97 Å². The molecule has 0 aliphatic rings. The van der Waals surface area contributed by atoms with Crippen molar-refractivity contribution in [2.45, 2.75) is 12.7 Å². The van der Waals surface area contributed by atoms with Crippen LogP contribution in [0.4, 0.5) is 18.3 Å². The third-order valence-corrected chi connectivity index (χ3v) is 5.57. The number of benzene rings is 2. The van der Waals surface area contributed by atoms with Gasteiger partial charge in [-0.25, -0.2) is 4.98 Å². The number of rotatable bonds is 4. The quantitative estimate of drug-likeness (QED) is 0.373. The van der Waals surface area contributed by atoms with Gasteiger partial charge in [-0.05, 0) is 48.5 Å². The number of carbonyl (C=O) groups excluding carboxylic acids is 1. The van der Waals surface area contributed by atoms with Crippen LogP contribution in [-0.4, -0.2) is 15.9 Å². The first kappa shape index (κ1) is 20.3. The lowest BCUT2D eigenvalue weighted by Gasteiger charge is -2.20. The zero-order chi connectivity index (χ0) is 21.3. The van der Waals surface area contributed by atoms with E-state index in [1.807, 2.05) is 0 Å². The third-order valence-electron chi connectivity index (χ3n) is 4.30. The fourth-order valence-corrected chi connectivity index (χ4v) is 4.11. The second-order valence-corrected chi connectivity index (χ2v) is 7.84. The number of fused-ring (bicyclic) bond motifs is 1. The molecular weight excluding hydrogens is 435 g/mol. The van der Waals surface area contributed by atoms with Gasteiger partial charge in [-0.15, -0.1) is 0 Å². The number of hydrogen-bond donors (Lipinski definition) is 0. The van der Waals surface area contributed by atoms with Gasteiger partial charge in [0.15, 0.2) is 5.13 Å². The van der Waals surface area contributed by atoms with Crippen LogP contribution in [0.2, 0.25) is 5.02 Å². The van der Waals surface area contributed by atoms with Crippen LogP contribution in [0.15, 0.2) is 66.9 Å². The molecule has 2 aromatic heterocycles. The third kappa shape index (κ3) is 4.29. The van der Waals surface area contributed by atoms with Crippen molar-refractivity contribution in [3.05, 3.63) is 88.7 Å². The Bertz CT molecular complexity index is 1210. The summed E-state index contributed by atoms with van der Waals surface area (Å²) in [4.78, 5) is 23.3. The van der Waals surface area contributed by atoms with Crippen molar-refractivity contribution in [3.63, 3.8) is 0 Å². The molecular formula is C21H13ClF3N3OS. The van der Waals surface area contributed by atoms with E-state index in [1.165, 1.54) is 28.4 Å². The van der Waals surface area contributed by atoms with Gasteiger partial charge in [0, 0.05) is 16.8 Å². The number of alkyl halides is 3. The minimum atomic E-state index is -4.55. The van der Waals surface area contributed by atoms with Crippen LogP contribution in [-0.2, 0) is 12.7 Å². The highest BCUT2D eigenvalue weighted by atomic mass is 35.5. The molecule has 0 spiro atoms. The number of halogens is 4. The van der Waals surface area contributed by atoms with Crippen molar-refractivity contribution in [3.8, 4) is 0 Å². The highest BCUT2D eigenvalue weighted by Crippen LogP contribution is 2.33. The van der Waals surface area contributed by atoms with E-state index in [0.29, 0.717) is 21.4 Å². The molecule has 0 N–H and O–H groups in total. The average molecular weight is 448 g/mol. The Morgan fingerprint density at radius 1 is 1.07 bits per heavy atom. The highest BCUT2D eigenvalue weighted by molar-refractivity contribution is 7.22. The monoisotopic (exact) mass is 447 g/mol. The summed E-state index contributed by atoms with van der Waals surface area (Å²) in [6, 6.07) is 14.7. The molecule has 1 amide bonds. The van der Waals surface area contributed by atoms with Crippen molar-refractivity contribution in [2.75, 3.05) is 4.90 Å². The van der Waals surface area contributed by atoms with E-state index in [0.717, 1.165) is 16.8 Å². The second kappa shape index (κ2) is 8.04. The van der Waals surface area contributed by atoms with Crippen LogP contribution in [0, 0.1) is 0 Å². The lowest BCUT2D eigenvalue weighted by atomic mass is 10.1. The predicted molar refractivity (Wildman–Crippen MR) is 111 cm³/mol. The standard InChI is InChI=1S/C21H13ClF3N3OS/c22-15-7-8-17-18(11-15)30-20(27-17)28(12-16-6-1-2-9-26-16)19(29)13-4-3-5-14(10-13)21(23,24)25/h1-11H,12H2. The van der Waals surface area contributed by atoms with Gasteiger partial charge in [-0.1, -0.05) is 35.1 Å². The van der Waals surface area contributed by atoms with E-state index in [4.69, 9.17) is 11.6 Å². The molecule has 0 aliphatic heterocycles. The summed E-state index contributed by atoms with van der Waals surface area (Å²) >= 11 is 7.27. The van der Waals surface area contributed by atoms with Gasteiger partial charge < -0.3 is 0 Å². The lowest BCUT2D eigenvalue weighted by Crippen LogP contribution is -2.31. The van der Waals surface area contributed by atoms with Crippen LogP contribution >= 0.6 is 22.9 Å². The van der Waals surface area contributed by atoms with Gasteiger partial charge in [-0.2, -0.15) is 13.2 Å². The molecule has 0 atom stereocenters. The first-order chi connectivity index (χ1) is 14.3. The first-order valence-electron chi connectivity index (χ1n) is 8.76. The number of carbonyl (C=O) groups is 1. The predicted octanol–water partition coefficient (Wildman–Crippen LogP) is 6.21. The molecule has 2 heterocycles. The first-order valence-corrected chi connectivity index (χ1v) is 9.96. The maximum absolute atomic E-state index is 13.2. The minimum Gasteiger partial charge on any atom is -0.278 e. The number of thiazole rings is 1. The van der Waals surface area contributed by atoms with Gasteiger partial charge in [0.05, 0.1) is 28.0 Å². The Morgan fingerprint density at radius 3 is 2.63 bits per heavy atom. The number of aromatic nitrogens is 2. The second-order valence-electron chi connectivity index (χ2n) is 6.40. The highest BCUT2D eigenvalue weighted by Gasteiger charge is 2.32. The van der Waals surface area contributed by atoms with Crippen molar-refractivity contribution in [2.24, 2.45) is 0 Å². The van der Waals surface area contributed by atoms with Gasteiger partial charge in [0.2, 0.25) is 0 Å². The number of amides is 1. The van der Waals surface area contributed by atoms with Crippen LogP contribution in [0.5, 0.6) is 0 Å². The number of nitrogens with zero attached hydrogens (tertiary/aromatic N) is 3. The van der Waals surface area contributed by atoms with E-state index >= 15 is 0 Å². The maximum atomic E-state index is 13.2. The summed E-state index contributed by atoms with van der Waals surface area (Å²) in [5.74, 6) is -0.600. The van der Waals surface area contributed by atoms with Gasteiger partial charge in [-0.3, -0.25) is 14.7 Å². The number of hydrogen-bond acceptors (Lipinski definition) is 4. The summed E-state index contributed by atoms with van der Waals surface area (Å²) in [5.41, 5.74) is 0.248. The molecule has 4 nitrogen and oxygen atoms in total.